The summed E-state index contributed by atoms with van der Waals surface area (Å²) in [5.74, 6) is 2.26. The second-order valence-electron chi connectivity index (χ2n) is 7.61. The molecule has 3 rings (SSSR count). The van der Waals surface area contributed by atoms with E-state index >= 15 is 0 Å². The lowest BCUT2D eigenvalue weighted by atomic mass is 9.78. The number of ether oxygens (including phenoxy) is 1. The summed E-state index contributed by atoms with van der Waals surface area (Å²) in [6.45, 7) is 5.02. The van der Waals surface area contributed by atoms with Crippen molar-refractivity contribution in [3.05, 3.63) is 17.6 Å². The number of aromatic nitrogens is 2. The van der Waals surface area contributed by atoms with Crippen molar-refractivity contribution in [2.75, 3.05) is 45.2 Å². The predicted molar refractivity (Wildman–Crippen MR) is 115 cm³/mol. The summed E-state index contributed by atoms with van der Waals surface area (Å²) in [5.41, 5.74) is 7.09. The van der Waals surface area contributed by atoms with Crippen LogP contribution in [0.25, 0.3) is 0 Å². The maximum Gasteiger partial charge on any atom is 0.156 e. The van der Waals surface area contributed by atoms with Crippen LogP contribution in [0.5, 0.6) is 0 Å². The molecule has 1 aliphatic heterocycles. The molecular formula is C19H35Cl2N5O. The highest BCUT2D eigenvalue weighted by Gasteiger charge is 2.29. The molecule has 0 bridgehead atoms. The number of anilines is 1. The Morgan fingerprint density at radius 2 is 1.81 bits per heavy atom. The topological polar surface area (TPSA) is 67.5 Å². The van der Waals surface area contributed by atoms with E-state index in [-0.39, 0.29) is 24.8 Å². The molecule has 0 atom stereocenters. The Morgan fingerprint density at radius 1 is 1.15 bits per heavy atom. The van der Waals surface area contributed by atoms with Crippen molar-refractivity contribution in [1.29, 1.82) is 0 Å². The van der Waals surface area contributed by atoms with Crippen LogP contribution in [0, 0.1) is 0 Å². The van der Waals surface area contributed by atoms with E-state index in [4.69, 9.17) is 20.4 Å². The van der Waals surface area contributed by atoms with Crippen LogP contribution in [-0.4, -0.2) is 61.2 Å². The van der Waals surface area contributed by atoms with Gasteiger partial charge in [0.05, 0.1) is 0 Å². The number of halogens is 2. The summed E-state index contributed by atoms with van der Waals surface area (Å²) >= 11 is 0. The number of hydrogen-bond donors (Lipinski definition) is 1. The van der Waals surface area contributed by atoms with Gasteiger partial charge in [0, 0.05) is 51.0 Å². The smallest absolute Gasteiger partial charge is 0.156 e. The quantitative estimate of drug-likeness (QED) is 0.732. The Balaban J connectivity index is 0.00000182. The second kappa shape index (κ2) is 12.0. The summed E-state index contributed by atoms with van der Waals surface area (Å²) in [7, 11) is 3.82. The first-order chi connectivity index (χ1) is 12.2. The Hall–Kier alpha value is -0.660. The van der Waals surface area contributed by atoms with Crippen LogP contribution >= 0.6 is 24.8 Å². The Bertz CT molecular complexity index is 549. The monoisotopic (exact) mass is 419 g/mol. The van der Waals surface area contributed by atoms with Gasteiger partial charge in [-0.3, -0.25) is 0 Å². The number of hydrogen-bond acceptors (Lipinski definition) is 6. The molecule has 8 heteroatoms. The average molecular weight is 420 g/mol. The highest BCUT2D eigenvalue weighted by molar-refractivity contribution is 5.85. The zero-order valence-corrected chi connectivity index (χ0v) is 18.2. The van der Waals surface area contributed by atoms with E-state index < -0.39 is 0 Å². The van der Waals surface area contributed by atoms with E-state index in [9.17, 15) is 0 Å². The average Bonchev–Trinajstić information content (AvgIpc) is 2.85. The van der Waals surface area contributed by atoms with Gasteiger partial charge in [0.2, 0.25) is 0 Å². The van der Waals surface area contributed by atoms with Gasteiger partial charge in [0.1, 0.15) is 12.4 Å². The minimum absolute atomic E-state index is 0. The third-order valence-corrected chi connectivity index (χ3v) is 5.49. The molecule has 1 aliphatic carbocycles. The highest BCUT2D eigenvalue weighted by atomic mass is 35.5. The molecule has 2 N–H and O–H groups in total. The number of likely N-dealkylation sites (N-methyl/N-ethyl adjacent to an activating group) is 1. The van der Waals surface area contributed by atoms with E-state index in [0.717, 1.165) is 43.3 Å². The lowest BCUT2D eigenvalue weighted by Crippen LogP contribution is -2.36. The van der Waals surface area contributed by atoms with Crippen LogP contribution in [0.2, 0.25) is 0 Å². The third-order valence-electron chi connectivity index (χ3n) is 5.49. The van der Waals surface area contributed by atoms with E-state index in [1.54, 1.807) is 7.11 Å². The molecule has 0 radical (unpaired) electrons. The maximum atomic E-state index is 5.96. The molecule has 2 fully saturated rings. The lowest BCUT2D eigenvalue weighted by molar-refractivity contribution is 0.177. The van der Waals surface area contributed by atoms with Gasteiger partial charge in [0.15, 0.2) is 5.82 Å². The molecular weight excluding hydrogens is 385 g/mol. The summed E-state index contributed by atoms with van der Waals surface area (Å²) in [6.07, 6.45) is 7.49. The first kappa shape index (κ1) is 24.4. The molecule has 0 unspecified atom stereocenters. The number of methoxy groups -OCH3 is 1. The highest BCUT2D eigenvalue weighted by Crippen LogP contribution is 2.35. The van der Waals surface area contributed by atoms with E-state index in [1.165, 1.54) is 38.8 Å². The normalized spacial score (nSPS) is 22.8. The Kier molecular flexibility index (Phi) is 10.9. The van der Waals surface area contributed by atoms with Gasteiger partial charge in [-0.05, 0) is 38.8 Å². The first-order valence-electron chi connectivity index (χ1n) is 9.71. The molecule has 1 aromatic rings. The second-order valence-corrected chi connectivity index (χ2v) is 7.61. The molecule has 6 nitrogen and oxygen atoms in total. The van der Waals surface area contributed by atoms with Gasteiger partial charge in [-0.15, -0.1) is 24.8 Å². The van der Waals surface area contributed by atoms with Gasteiger partial charge < -0.3 is 20.3 Å². The molecule has 0 amide bonds. The van der Waals surface area contributed by atoms with Crippen molar-refractivity contribution < 1.29 is 4.74 Å². The number of rotatable bonds is 7. The zero-order chi connectivity index (χ0) is 17.6. The largest absolute Gasteiger partial charge is 0.377 e. The van der Waals surface area contributed by atoms with Crippen LogP contribution in [0.3, 0.4) is 0 Å². The SMILES string of the molecule is COCc1nc(C2CC(N)C2)cc(N(C)CCN2CCCCCC2)n1.Cl.Cl. The summed E-state index contributed by atoms with van der Waals surface area (Å²) < 4.78 is 5.26. The van der Waals surface area contributed by atoms with Gasteiger partial charge in [-0.1, -0.05) is 12.8 Å². The fourth-order valence-corrected chi connectivity index (χ4v) is 3.77. The molecule has 27 heavy (non-hydrogen) atoms. The van der Waals surface area contributed by atoms with Crippen LogP contribution in [0.15, 0.2) is 6.07 Å². The van der Waals surface area contributed by atoms with Crippen molar-refractivity contribution in [3.8, 4) is 0 Å². The van der Waals surface area contributed by atoms with E-state index in [0.29, 0.717) is 18.6 Å². The predicted octanol–water partition coefficient (Wildman–Crippen LogP) is 2.98. The van der Waals surface area contributed by atoms with Crippen molar-refractivity contribution in [3.63, 3.8) is 0 Å². The number of likely N-dealkylation sites (tertiary alicyclic amines) is 1. The fraction of sp³-hybridized carbons (Fsp3) is 0.789. The minimum Gasteiger partial charge on any atom is -0.377 e. The van der Waals surface area contributed by atoms with E-state index in [2.05, 4.69) is 22.9 Å². The first-order valence-corrected chi connectivity index (χ1v) is 9.71. The number of nitrogens with two attached hydrogens (primary N) is 1. The van der Waals surface area contributed by atoms with Gasteiger partial charge in [-0.25, -0.2) is 9.97 Å². The third kappa shape index (κ3) is 7.02. The molecule has 0 spiro atoms. The minimum atomic E-state index is 0. The molecule has 2 heterocycles. The molecule has 156 valence electrons. The Labute approximate surface area is 176 Å². The van der Waals surface area contributed by atoms with E-state index in [1.807, 2.05) is 0 Å². The molecule has 0 aromatic carbocycles. The van der Waals surface area contributed by atoms with Crippen molar-refractivity contribution >= 4 is 30.6 Å². The molecule has 1 aromatic heterocycles. The van der Waals surface area contributed by atoms with Crippen LogP contribution in [0.1, 0.15) is 56.0 Å². The van der Waals surface area contributed by atoms with Gasteiger partial charge >= 0.3 is 0 Å². The van der Waals surface area contributed by atoms with Crippen LogP contribution in [-0.2, 0) is 11.3 Å². The van der Waals surface area contributed by atoms with Crippen LogP contribution < -0.4 is 10.6 Å². The van der Waals surface area contributed by atoms with Gasteiger partial charge in [-0.2, -0.15) is 0 Å². The summed E-state index contributed by atoms with van der Waals surface area (Å²) in [6, 6.07) is 2.48. The van der Waals surface area contributed by atoms with Crippen molar-refractivity contribution in [2.45, 2.75) is 57.1 Å². The summed E-state index contributed by atoms with van der Waals surface area (Å²) in [5, 5.41) is 0. The molecule has 1 saturated heterocycles. The van der Waals surface area contributed by atoms with Gasteiger partial charge in [0.25, 0.3) is 0 Å². The molecule has 1 saturated carbocycles. The van der Waals surface area contributed by atoms with Crippen LogP contribution in [0.4, 0.5) is 5.82 Å². The number of nitrogens with zero attached hydrogens (tertiary/aromatic N) is 4. The standard InChI is InChI=1S/C19H33N5O.2ClH/c1-23(9-10-24-7-5-3-4-6-8-24)19-13-17(15-11-16(20)12-15)21-18(22-19)14-25-2;;/h13,15-16H,3-12,14,20H2,1-2H3;2*1H. The van der Waals surface area contributed by atoms with Crippen molar-refractivity contribution in [2.24, 2.45) is 5.73 Å². The van der Waals surface area contributed by atoms with Crippen molar-refractivity contribution in [1.82, 2.24) is 14.9 Å². The maximum absolute atomic E-state index is 5.96. The summed E-state index contributed by atoms with van der Waals surface area (Å²) in [4.78, 5) is 14.2. The zero-order valence-electron chi connectivity index (χ0n) is 16.6. The molecule has 2 aliphatic rings. The fourth-order valence-electron chi connectivity index (χ4n) is 3.77. The lowest BCUT2D eigenvalue weighted by Gasteiger charge is -2.32. The Morgan fingerprint density at radius 3 is 2.41 bits per heavy atom.